The van der Waals surface area contributed by atoms with Gasteiger partial charge in [-0.3, -0.25) is 10.1 Å². The van der Waals surface area contributed by atoms with E-state index in [-0.39, 0.29) is 16.7 Å². The van der Waals surface area contributed by atoms with E-state index in [0.717, 1.165) is 19.5 Å². The Hall–Kier alpha value is -2.56. The zero-order valence-electron chi connectivity index (χ0n) is 11.6. The number of nitro groups is 1. The maximum Gasteiger partial charge on any atom is 0.292 e. The molecule has 1 N–H and O–H groups in total. The van der Waals surface area contributed by atoms with E-state index < -0.39 is 0 Å². The summed E-state index contributed by atoms with van der Waals surface area (Å²) in [6.07, 6.45) is 0.973. The first-order valence-corrected chi connectivity index (χ1v) is 7.04. The highest BCUT2D eigenvalue weighted by atomic mass is 16.6. The van der Waals surface area contributed by atoms with Gasteiger partial charge in [0, 0.05) is 30.9 Å². The van der Waals surface area contributed by atoms with Crippen LogP contribution < -0.4 is 10.2 Å². The van der Waals surface area contributed by atoms with Crippen LogP contribution in [0.5, 0.6) is 0 Å². The summed E-state index contributed by atoms with van der Waals surface area (Å²) in [6, 6.07) is 17.3. The third-order valence-electron chi connectivity index (χ3n) is 3.77. The van der Waals surface area contributed by atoms with Crippen LogP contribution in [0.3, 0.4) is 0 Å². The number of rotatable bonds is 4. The van der Waals surface area contributed by atoms with Gasteiger partial charge in [0.05, 0.1) is 4.92 Å². The quantitative estimate of drug-likeness (QED) is 0.691. The summed E-state index contributed by atoms with van der Waals surface area (Å²) in [4.78, 5) is 13.0. The van der Waals surface area contributed by atoms with Gasteiger partial charge in [-0.2, -0.15) is 0 Å². The molecule has 2 aromatic rings. The molecule has 5 heteroatoms. The van der Waals surface area contributed by atoms with Gasteiger partial charge in [-0.15, -0.1) is 0 Å². The average Bonchev–Trinajstić information content (AvgIpc) is 2.97. The zero-order chi connectivity index (χ0) is 14.7. The van der Waals surface area contributed by atoms with E-state index in [1.165, 1.54) is 11.8 Å². The van der Waals surface area contributed by atoms with Gasteiger partial charge in [0.25, 0.3) is 5.69 Å². The molecular weight excluding hydrogens is 266 g/mol. The molecule has 108 valence electrons. The highest BCUT2D eigenvalue weighted by Crippen LogP contribution is 2.27. The summed E-state index contributed by atoms with van der Waals surface area (Å²) in [7, 11) is 0. The molecule has 0 spiro atoms. The first-order valence-electron chi connectivity index (χ1n) is 7.04. The smallest absolute Gasteiger partial charge is 0.292 e. The maximum atomic E-state index is 11.0. The van der Waals surface area contributed by atoms with E-state index in [4.69, 9.17) is 0 Å². The van der Waals surface area contributed by atoms with Crippen molar-refractivity contribution in [3.05, 3.63) is 64.7 Å². The number of hydrogen-bond acceptors (Lipinski definition) is 4. The lowest BCUT2D eigenvalue weighted by Gasteiger charge is -2.19. The van der Waals surface area contributed by atoms with Crippen molar-refractivity contribution in [2.75, 3.05) is 23.3 Å². The van der Waals surface area contributed by atoms with E-state index in [1.807, 2.05) is 24.3 Å². The van der Waals surface area contributed by atoms with Crippen LogP contribution in [0.15, 0.2) is 54.6 Å². The summed E-state index contributed by atoms with van der Waals surface area (Å²) < 4.78 is 0. The minimum Gasteiger partial charge on any atom is -0.375 e. The minimum atomic E-state index is -0.341. The Balaban J connectivity index is 1.69. The number of hydrogen-bond donors (Lipinski definition) is 1. The first-order chi connectivity index (χ1) is 10.2. The SMILES string of the molecule is O=[N+]([O-])c1ccccc1NC1CCN(c2ccccc2)C1. The lowest BCUT2D eigenvalue weighted by atomic mass is 10.2. The Morgan fingerprint density at radius 3 is 2.57 bits per heavy atom. The van der Waals surface area contributed by atoms with Crippen LogP contribution in [0, 0.1) is 10.1 Å². The molecule has 3 rings (SSSR count). The summed E-state index contributed by atoms with van der Waals surface area (Å²) in [5, 5.41) is 14.3. The van der Waals surface area contributed by atoms with Crippen molar-refractivity contribution in [1.29, 1.82) is 0 Å². The normalized spacial score (nSPS) is 17.7. The highest BCUT2D eigenvalue weighted by molar-refractivity contribution is 5.62. The lowest BCUT2D eigenvalue weighted by molar-refractivity contribution is -0.384. The van der Waals surface area contributed by atoms with Crippen molar-refractivity contribution >= 4 is 17.1 Å². The van der Waals surface area contributed by atoms with Crippen molar-refractivity contribution < 1.29 is 4.92 Å². The van der Waals surface area contributed by atoms with Gasteiger partial charge in [0.15, 0.2) is 0 Å². The van der Waals surface area contributed by atoms with Crippen molar-refractivity contribution in [3.8, 4) is 0 Å². The molecule has 0 radical (unpaired) electrons. The van der Waals surface area contributed by atoms with E-state index in [0.29, 0.717) is 5.69 Å². The minimum absolute atomic E-state index is 0.135. The monoisotopic (exact) mass is 283 g/mol. The van der Waals surface area contributed by atoms with Crippen molar-refractivity contribution in [3.63, 3.8) is 0 Å². The molecule has 1 unspecified atom stereocenters. The van der Waals surface area contributed by atoms with Gasteiger partial charge in [-0.1, -0.05) is 30.3 Å². The topological polar surface area (TPSA) is 58.4 Å². The molecule has 0 aliphatic carbocycles. The largest absolute Gasteiger partial charge is 0.375 e. The predicted molar refractivity (Wildman–Crippen MR) is 83.8 cm³/mol. The standard InChI is InChI=1S/C16H17N3O2/c20-19(21)16-9-5-4-8-15(16)17-13-10-11-18(12-13)14-6-2-1-3-7-14/h1-9,13,17H,10-12H2. The molecule has 1 heterocycles. The molecule has 0 aromatic heterocycles. The lowest BCUT2D eigenvalue weighted by Crippen LogP contribution is -2.26. The Morgan fingerprint density at radius 2 is 1.81 bits per heavy atom. The van der Waals surface area contributed by atoms with Crippen LogP contribution in [0.25, 0.3) is 0 Å². The molecular formula is C16H17N3O2. The van der Waals surface area contributed by atoms with Crippen LogP contribution in [0.1, 0.15) is 6.42 Å². The molecule has 5 nitrogen and oxygen atoms in total. The Bertz CT molecular complexity index is 630. The van der Waals surface area contributed by atoms with Crippen LogP contribution in [-0.2, 0) is 0 Å². The molecule has 21 heavy (non-hydrogen) atoms. The second-order valence-electron chi connectivity index (χ2n) is 5.19. The summed E-state index contributed by atoms with van der Waals surface area (Å²) in [5.41, 5.74) is 1.93. The Labute approximate surface area is 123 Å². The first kappa shape index (κ1) is 13.4. The average molecular weight is 283 g/mol. The number of benzene rings is 2. The van der Waals surface area contributed by atoms with Crippen molar-refractivity contribution in [2.24, 2.45) is 0 Å². The summed E-state index contributed by atoms with van der Waals surface area (Å²) in [5.74, 6) is 0. The van der Waals surface area contributed by atoms with Crippen LogP contribution in [0.2, 0.25) is 0 Å². The number of anilines is 2. The van der Waals surface area contributed by atoms with Gasteiger partial charge in [0.2, 0.25) is 0 Å². The maximum absolute atomic E-state index is 11.0. The number of nitrogens with zero attached hydrogens (tertiary/aromatic N) is 2. The second kappa shape index (κ2) is 5.83. The van der Waals surface area contributed by atoms with E-state index in [1.54, 1.807) is 12.1 Å². The van der Waals surface area contributed by atoms with Gasteiger partial charge >= 0.3 is 0 Å². The molecule has 0 saturated carbocycles. The molecule has 1 saturated heterocycles. The fourth-order valence-corrected chi connectivity index (χ4v) is 2.73. The van der Waals surface area contributed by atoms with Gasteiger partial charge < -0.3 is 10.2 Å². The number of nitro benzene ring substituents is 1. The molecule has 1 atom stereocenters. The molecule has 1 aliphatic rings. The molecule has 0 amide bonds. The van der Waals surface area contributed by atoms with Crippen LogP contribution >= 0.6 is 0 Å². The fraction of sp³-hybridized carbons (Fsp3) is 0.250. The molecule has 0 bridgehead atoms. The number of para-hydroxylation sites is 3. The van der Waals surface area contributed by atoms with E-state index >= 15 is 0 Å². The van der Waals surface area contributed by atoms with Crippen molar-refractivity contribution in [2.45, 2.75) is 12.5 Å². The van der Waals surface area contributed by atoms with Crippen molar-refractivity contribution in [1.82, 2.24) is 0 Å². The van der Waals surface area contributed by atoms with Gasteiger partial charge in [0.1, 0.15) is 5.69 Å². The Kier molecular flexibility index (Phi) is 3.73. The van der Waals surface area contributed by atoms with Crippen LogP contribution in [0.4, 0.5) is 17.1 Å². The van der Waals surface area contributed by atoms with E-state index in [2.05, 4.69) is 22.3 Å². The van der Waals surface area contributed by atoms with E-state index in [9.17, 15) is 10.1 Å². The zero-order valence-corrected chi connectivity index (χ0v) is 11.6. The predicted octanol–water partition coefficient (Wildman–Crippen LogP) is 3.29. The Morgan fingerprint density at radius 1 is 1.10 bits per heavy atom. The third kappa shape index (κ3) is 2.97. The summed E-state index contributed by atoms with van der Waals surface area (Å²) in [6.45, 7) is 1.82. The molecule has 1 aliphatic heterocycles. The van der Waals surface area contributed by atoms with Gasteiger partial charge in [-0.05, 0) is 24.6 Å². The molecule has 1 fully saturated rings. The molecule has 2 aromatic carbocycles. The fourth-order valence-electron chi connectivity index (χ4n) is 2.73. The summed E-state index contributed by atoms with van der Waals surface area (Å²) >= 11 is 0. The second-order valence-corrected chi connectivity index (χ2v) is 5.19. The van der Waals surface area contributed by atoms with Crippen LogP contribution in [-0.4, -0.2) is 24.1 Å². The van der Waals surface area contributed by atoms with Gasteiger partial charge in [-0.25, -0.2) is 0 Å². The third-order valence-corrected chi connectivity index (χ3v) is 3.77. The number of nitrogens with one attached hydrogen (secondary N) is 1. The highest BCUT2D eigenvalue weighted by Gasteiger charge is 2.24.